The minimum Gasteiger partial charge on any atom is -0.312 e. The Morgan fingerprint density at radius 1 is 0.287 bits per heavy atom. The second kappa shape index (κ2) is 27.0. The van der Waals surface area contributed by atoms with E-state index in [1.165, 1.54) is 0 Å². The quantitative estimate of drug-likeness (QED) is 0.0745. The van der Waals surface area contributed by atoms with Crippen LogP contribution in [0.25, 0.3) is 113 Å². The summed E-state index contributed by atoms with van der Waals surface area (Å²) in [5.74, 6) is 0. The zero-order valence-electron chi connectivity index (χ0n) is 52.5. The molecule has 2 heteroatoms. The van der Waals surface area contributed by atoms with E-state index in [0.29, 0.717) is 0 Å². The smallest absolute Gasteiger partial charge is 0.0980 e. The molecule has 94 heavy (non-hydrogen) atoms. The molecule has 0 heterocycles. The summed E-state index contributed by atoms with van der Waals surface area (Å²) in [7, 11) is 0. The molecule has 0 radical (unpaired) electrons. The van der Waals surface area contributed by atoms with Crippen LogP contribution < -0.4 is 9.80 Å². The summed E-state index contributed by atoms with van der Waals surface area (Å²) in [4.78, 5) is 4.92. The van der Waals surface area contributed by atoms with Crippen LogP contribution in [0, 0.1) is 0 Å². The number of nitrogens with zero attached hydrogens (tertiary/aromatic N) is 2. The average Bonchev–Trinajstić information content (AvgIpc) is 0.807. The lowest BCUT2D eigenvalue weighted by atomic mass is 9.93. The van der Waals surface area contributed by atoms with E-state index in [1.54, 1.807) is 0 Å². The Balaban J connectivity index is 1.01. The molecule has 0 unspecified atom stereocenters. The molecule has 0 N–H and O–H groups in total. The monoisotopic (exact) mass is 1200 g/mol. The van der Waals surface area contributed by atoms with E-state index in [0.717, 1.165) is 169 Å². The first kappa shape index (κ1) is 59.3. The van der Waals surface area contributed by atoms with Gasteiger partial charge in [-0.05, 0) is 244 Å². The van der Waals surface area contributed by atoms with Crippen LogP contribution in [0.4, 0.5) is 22.7 Å². The highest BCUT2D eigenvalue weighted by Crippen LogP contribution is 2.48. The average molecular weight is 1200 g/mol. The van der Waals surface area contributed by atoms with Gasteiger partial charge in [-0.1, -0.05) is 269 Å². The van der Waals surface area contributed by atoms with Crippen molar-refractivity contribution in [2.24, 2.45) is 0 Å². The lowest BCUT2D eigenvalue weighted by Crippen LogP contribution is -2.23. The van der Waals surface area contributed by atoms with Gasteiger partial charge in [0.05, 0.1) is 17.1 Å². The van der Waals surface area contributed by atoms with Crippen molar-refractivity contribution in [2.45, 2.75) is 12.8 Å². The summed E-state index contributed by atoms with van der Waals surface area (Å²) >= 11 is 0. The molecule has 12 aromatic carbocycles. The van der Waals surface area contributed by atoms with Crippen molar-refractivity contribution < 1.29 is 0 Å². The third-order valence-corrected chi connectivity index (χ3v) is 17.7. The van der Waals surface area contributed by atoms with Crippen LogP contribution in [-0.2, 0) is 0 Å². The van der Waals surface area contributed by atoms with Gasteiger partial charge in [-0.3, -0.25) is 0 Å². The largest absolute Gasteiger partial charge is 0.312 e. The molecule has 0 saturated heterocycles. The first-order chi connectivity index (χ1) is 46.3. The molecule has 0 saturated carbocycles. The van der Waals surface area contributed by atoms with Crippen molar-refractivity contribution in [3.05, 3.63) is 398 Å². The molecular weight excluding hydrogens is 1130 g/mol. The van der Waals surface area contributed by atoms with Crippen molar-refractivity contribution in [2.75, 3.05) is 9.80 Å². The highest BCUT2D eigenvalue weighted by Gasteiger charge is 2.28. The van der Waals surface area contributed by atoms with E-state index in [4.69, 9.17) is 0 Å². The van der Waals surface area contributed by atoms with Crippen LogP contribution in [0.1, 0.15) is 46.2 Å². The molecule has 0 spiro atoms. The number of anilines is 4. The molecule has 12 aromatic rings. The second-order valence-electron chi connectivity index (χ2n) is 23.7. The van der Waals surface area contributed by atoms with E-state index in [9.17, 15) is 0 Å². The number of hydrogen-bond acceptors (Lipinski definition) is 2. The summed E-state index contributed by atoms with van der Waals surface area (Å²) in [5, 5.41) is 0. The molecule has 2 nitrogen and oxygen atoms in total. The van der Waals surface area contributed by atoms with Gasteiger partial charge in [0.2, 0.25) is 0 Å². The number of rotatable bonds is 19. The van der Waals surface area contributed by atoms with Crippen LogP contribution in [-0.4, -0.2) is 0 Å². The maximum atomic E-state index is 4.11. The van der Waals surface area contributed by atoms with Gasteiger partial charge in [0, 0.05) is 17.1 Å². The molecular formula is C92H68N2. The first-order valence-corrected chi connectivity index (χ1v) is 32.0. The van der Waals surface area contributed by atoms with Gasteiger partial charge >= 0.3 is 0 Å². The zero-order valence-corrected chi connectivity index (χ0v) is 52.5. The number of allylic oxidation sites excluding steroid dienone is 7. The fourth-order valence-electron chi connectivity index (χ4n) is 12.9. The standard InChI is InChI=1S/C92H68N2/c1-5-65-24-12-30-70(52-65)74-34-16-38-78(56-74)83-43-21-47-88(61-83)93(87-46-20-42-82(60-87)69-28-10-9-11-29-69)91-51-50-86(81-41-19-37-77(59-81)73-33-15-27-68(8-4)55-73)64-92(91)94(89-48-22-44-84(62-89)79-39-17-35-75(57-79)71-31-13-25-66(6-2)53-71)90-49-23-45-85(63-90)80-40-18-36-76(58-80)72-32-14-26-67(7-3)54-72/h5-19,21-22,24-45,47-48,50-64H,1-4,23,49H2. The van der Waals surface area contributed by atoms with E-state index in [-0.39, 0.29) is 0 Å². The van der Waals surface area contributed by atoms with Crippen LogP contribution >= 0.6 is 0 Å². The van der Waals surface area contributed by atoms with Crippen molar-refractivity contribution in [1.82, 2.24) is 0 Å². The van der Waals surface area contributed by atoms with Crippen molar-refractivity contribution in [1.29, 1.82) is 0 Å². The lowest BCUT2D eigenvalue weighted by Gasteiger charge is -2.36. The van der Waals surface area contributed by atoms with Crippen molar-refractivity contribution in [3.63, 3.8) is 0 Å². The molecule has 0 aliphatic heterocycles. The summed E-state index contributed by atoms with van der Waals surface area (Å²) in [6.45, 7) is 16.3. The Morgan fingerprint density at radius 2 is 0.649 bits per heavy atom. The highest BCUT2D eigenvalue weighted by atomic mass is 15.2. The molecule has 0 amide bonds. The summed E-state index contributed by atoms with van der Waals surface area (Å²) in [6, 6.07) is 106. The molecule has 0 aromatic heterocycles. The van der Waals surface area contributed by atoms with Crippen LogP contribution in [0.15, 0.2) is 365 Å². The van der Waals surface area contributed by atoms with E-state index < -0.39 is 0 Å². The van der Waals surface area contributed by atoms with E-state index in [2.05, 4.69) is 357 Å². The minimum atomic E-state index is 0.771. The zero-order chi connectivity index (χ0) is 63.7. The number of hydrogen-bond donors (Lipinski definition) is 0. The van der Waals surface area contributed by atoms with Crippen LogP contribution in [0.3, 0.4) is 0 Å². The fraction of sp³-hybridized carbons (Fsp3) is 0.0217. The van der Waals surface area contributed by atoms with E-state index in [1.807, 2.05) is 30.4 Å². The molecule has 2 aliphatic carbocycles. The predicted octanol–water partition coefficient (Wildman–Crippen LogP) is 25.3. The number of benzene rings is 12. The van der Waals surface area contributed by atoms with Crippen LogP contribution in [0.2, 0.25) is 0 Å². The Labute approximate surface area is 553 Å². The normalized spacial score (nSPS) is 12.4. The second-order valence-corrected chi connectivity index (χ2v) is 23.7. The van der Waals surface area contributed by atoms with Gasteiger partial charge in [-0.2, -0.15) is 0 Å². The highest BCUT2D eigenvalue weighted by molar-refractivity contribution is 5.94. The topological polar surface area (TPSA) is 6.48 Å². The maximum absolute atomic E-state index is 4.11. The maximum Gasteiger partial charge on any atom is 0.0980 e. The van der Waals surface area contributed by atoms with Gasteiger partial charge in [-0.25, -0.2) is 0 Å². The summed E-state index contributed by atoms with van der Waals surface area (Å²) < 4.78 is 0. The van der Waals surface area contributed by atoms with Gasteiger partial charge in [-0.15, -0.1) is 0 Å². The molecule has 0 atom stereocenters. The third-order valence-electron chi connectivity index (χ3n) is 17.7. The lowest BCUT2D eigenvalue weighted by molar-refractivity contribution is 0.920. The Hall–Kier alpha value is -12.3. The Morgan fingerprint density at radius 3 is 1.10 bits per heavy atom. The molecule has 2 aliphatic rings. The minimum absolute atomic E-state index is 0.771. The molecule has 0 bridgehead atoms. The molecule has 14 rings (SSSR count). The van der Waals surface area contributed by atoms with Crippen LogP contribution in [0.5, 0.6) is 0 Å². The van der Waals surface area contributed by atoms with Crippen molar-refractivity contribution >= 4 is 58.2 Å². The van der Waals surface area contributed by atoms with Gasteiger partial charge in [0.1, 0.15) is 0 Å². The van der Waals surface area contributed by atoms with Crippen molar-refractivity contribution in [3.8, 4) is 77.9 Å². The summed E-state index contributed by atoms with van der Waals surface area (Å²) in [5.41, 5.74) is 37.5. The Bertz CT molecular complexity index is 5140. The third kappa shape index (κ3) is 12.8. The fourth-order valence-corrected chi connectivity index (χ4v) is 12.9. The predicted molar refractivity (Wildman–Crippen MR) is 403 cm³/mol. The summed E-state index contributed by atoms with van der Waals surface area (Å²) in [6.07, 6.45) is 18.3. The van der Waals surface area contributed by atoms with Gasteiger partial charge in [0.25, 0.3) is 0 Å². The molecule has 446 valence electrons. The van der Waals surface area contributed by atoms with E-state index >= 15 is 0 Å². The molecule has 0 fully saturated rings. The van der Waals surface area contributed by atoms with Gasteiger partial charge < -0.3 is 9.80 Å². The first-order valence-electron chi connectivity index (χ1n) is 32.0. The van der Waals surface area contributed by atoms with Gasteiger partial charge in [0.15, 0.2) is 0 Å². The SMILES string of the molecule is C=Cc1cccc(-c2cccc(C3=CCCC(N(c4cccc(-c5cccc(-c6cccc(C=C)c6)c5)c4)c4cc(-c5cccc(-c6cccc(C=C)c6)c5)ccc4N(C4=C=C=CC(c5ccccc5)=C4)c4cccc(-c5cccc(-c6cccc(C=C)c6)c5)c4)=C3)c2)c1. The Kier molecular flexibility index (Phi) is 17.1.